The minimum atomic E-state index is -0.995. The summed E-state index contributed by atoms with van der Waals surface area (Å²) in [5, 5.41) is 12.4. The number of aromatic carboxylic acids is 1. The van der Waals surface area contributed by atoms with Gasteiger partial charge in [-0.3, -0.25) is 9.20 Å². The number of nitrogens with one attached hydrogen (secondary N) is 1. The number of carboxylic acid groups (broad SMARTS) is 1. The number of fused-ring (bicyclic) bond motifs is 1. The molecule has 0 aliphatic rings. The Morgan fingerprint density at radius 3 is 2.56 bits per heavy atom. The van der Waals surface area contributed by atoms with Crippen molar-refractivity contribution >= 4 is 40.7 Å². The second kappa shape index (κ2) is 6.74. The molecule has 0 radical (unpaired) electrons. The zero-order valence-electron chi connectivity index (χ0n) is 13.1. The molecule has 25 heavy (non-hydrogen) atoms. The van der Waals surface area contributed by atoms with Crippen molar-refractivity contribution in [2.24, 2.45) is 0 Å². The van der Waals surface area contributed by atoms with Crippen LogP contribution in [0.15, 0.2) is 36.5 Å². The molecule has 2 aromatic heterocycles. The van der Waals surface area contributed by atoms with Crippen LogP contribution in [0.5, 0.6) is 0 Å². The largest absolute Gasteiger partial charge is 0.478 e. The minimum absolute atomic E-state index is 0.192. The molecule has 8 heteroatoms. The SMILES string of the molecule is Cc1nc2c(Cl)cc(Cl)cn2c1C(=O)NCc1ccc(C(=O)O)cc1. The molecule has 0 bridgehead atoms. The summed E-state index contributed by atoms with van der Waals surface area (Å²) in [5.41, 5.74) is 2.31. The highest BCUT2D eigenvalue weighted by Crippen LogP contribution is 2.24. The molecule has 0 spiro atoms. The summed E-state index contributed by atoms with van der Waals surface area (Å²) in [6.07, 6.45) is 1.58. The van der Waals surface area contributed by atoms with Gasteiger partial charge in [-0.05, 0) is 30.7 Å². The van der Waals surface area contributed by atoms with Crippen LogP contribution in [0.25, 0.3) is 5.65 Å². The van der Waals surface area contributed by atoms with Crippen LogP contribution in [0.4, 0.5) is 0 Å². The van der Waals surface area contributed by atoms with E-state index >= 15 is 0 Å². The van der Waals surface area contributed by atoms with Gasteiger partial charge in [0.25, 0.3) is 5.91 Å². The van der Waals surface area contributed by atoms with Gasteiger partial charge in [0.2, 0.25) is 0 Å². The summed E-state index contributed by atoms with van der Waals surface area (Å²) >= 11 is 12.1. The fourth-order valence-electron chi connectivity index (χ4n) is 2.49. The Balaban J connectivity index is 1.83. The van der Waals surface area contributed by atoms with Crippen molar-refractivity contribution in [3.8, 4) is 0 Å². The predicted octanol–water partition coefficient (Wildman–Crippen LogP) is 3.58. The lowest BCUT2D eigenvalue weighted by Crippen LogP contribution is -2.25. The van der Waals surface area contributed by atoms with E-state index in [1.54, 1.807) is 35.7 Å². The number of aromatic nitrogens is 2. The van der Waals surface area contributed by atoms with Crippen LogP contribution in [0.2, 0.25) is 10.0 Å². The Morgan fingerprint density at radius 1 is 1.24 bits per heavy atom. The third-order valence-electron chi connectivity index (χ3n) is 3.69. The maximum absolute atomic E-state index is 12.6. The number of aryl methyl sites for hydroxylation is 1. The van der Waals surface area contributed by atoms with E-state index in [0.717, 1.165) is 5.56 Å². The number of carboxylic acids is 1. The van der Waals surface area contributed by atoms with Crippen LogP contribution in [0, 0.1) is 6.92 Å². The molecule has 0 aliphatic carbocycles. The Morgan fingerprint density at radius 2 is 1.92 bits per heavy atom. The molecule has 0 aliphatic heterocycles. The monoisotopic (exact) mass is 377 g/mol. The normalized spacial score (nSPS) is 10.8. The Hall–Kier alpha value is -2.57. The summed E-state index contributed by atoms with van der Waals surface area (Å²) in [6, 6.07) is 7.85. The topological polar surface area (TPSA) is 83.7 Å². The predicted molar refractivity (Wildman–Crippen MR) is 94.5 cm³/mol. The van der Waals surface area contributed by atoms with E-state index in [-0.39, 0.29) is 18.0 Å². The number of hydrogen-bond acceptors (Lipinski definition) is 3. The maximum Gasteiger partial charge on any atom is 0.335 e. The van der Waals surface area contributed by atoms with Crippen molar-refractivity contribution in [3.05, 3.63) is 69.1 Å². The molecule has 1 amide bonds. The molecule has 128 valence electrons. The Labute approximate surface area is 153 Å². The smallest absolute Gasteiger partial charge is 0.335 e. The van der Waals surface area contributed by atoms with Gasteiger partial charge in [-0.1, -0.05) is 35.3 Å². The van der Waals surface area contributed by atoms with E-state index in [1.807, 2.05) is 0 Å². The van der Waals surface area contributed by atoms with Crippen molar-refractivity contribution in [3.63, 3.8) is 0 Å². The highest BCUT2D eigenvalue weighted by atomic mass is 35.5. The van der Waals surface area contributed by atoms with Gasteiger partial charge >= 0.3 is 5.97 Å². The fourth-order valence-corrected chi connectivity index (χ4v) is 3.00. The van der Waals surface area contributed by atoms with Crippen LogP contribution in [-0.2, 0) is 6.54 Å². The van der Waals surface area contributed by atoms with Crippen molar-refractivity contribution in [2.75, 3.05) is 0 Å². The van der Waals surface area contributed by atoms with E-state index in [2.05, 4.69) is 10.3 Å². The molecule has 0 saturated carbocycles. The van der Waals surface area contributed by atoms with Crippen LogP contribution in [-0.4, -0.2) is 26.4 Å². The summed E-state index contributed by atoms with van der Waals surface area (Å²) in [7, 11) is 0. The van der Waals surface area contributed by atoms with Gasteiger partial charge in [0.1, 0.15) is 5.69 Å². The van der Waals surface area contributed by atoms with Gasteiger partial charge in [-0.2, -0.15) is 0 Å². The Bertz CT molecular complexity index is 981. The summed E-state index contributed by atoms with van der Waals surface area (Å²) in [5.74, 6) is -1.32. The summed E-state index contributed by atoms with van der Waals surface area (Å²) < 4.78 is 1.56. The van der Waals surface area contributed by atoms with Crippen LogP contribution in [0.1, 0.15) is 32.1 Å². The van der Waals surface area contributed by atoms with E-state index in [0.29, 0.717) is 27.1 Å². The molecule has 0 saturated heterocycles. The third-order valence-corrected chi connectivity index (χ3v) is 4.17. The average molecular weight is 378 g/mol. The standard InChI is InChI=1S/C17H13Cl2N3O3/c1-9-14(22-8-12(18)6-13(19)15(22)21-9)16(23)20-7-10-2-4-11(5-3-10)17(24)25/h2-6,8H,7H2,1H3,(H,20,23)(H,24,25). The van der Waals surface area contributed by atoms with Crippen molar-refractivity contribution in [1.82, 2.24) is 14.7 Å². The average Bonchev–Trinajstić information content (AvgIpc) is 2.89. The molecular weight excluding hydrogens is 365 g/mol. The number of carbonyl (C=O) groups is 2. The fraction of sp³-hybridized carbons (Fsp3) is 0.118. The van der Waals surface area contributed by atoms with E-state index in [9.17, 15) is 9.59 Å². The molecule has 0 fully saturated rings. The van der Waals surface area contributed by atoms with Crippen molar-refractivity contribution in [2.45, 2.75) is 13.5 Å². The first-order valence-electron chi connectivity index (χ1n) is 7.31. The van der Waals surface area contributed by atoms with Crippen molar-refractivity contribution < 1.29 is 14.7 Å². The second-order valence-electron chi connectivity index (χ2n) is 5.43. The lowest BCUT2D eigenvalue weighted by molar-refractivity contribution is 0.0696. The van der Waals surface area contributed by atoms with Crippen molar-refractivity contribution in [1.29, 1.82) is 0 Å². The molecule has 1 aromatic carbocycles. The zero-order valence-corrected chi connectivity index (χ0v) is 14.6. The highest BCUT2D eigenvalue weighted by molar-refractivity contribution is 6.36. The quantitative estimate of drug-likeness (QED) is 0.727. The molecule has 3 rings (SSSR count). The lowest BCUT2D eigenvalue weighted by Gasteiger charge is -2.07. The molecule has 2 heterocycles. The van der Waals surface area contributed by atoms with E-state index in [1.165, 1.54) is 12.1 Å². The zero-order chi connectivity index (χ0) is 18.1. The number of halogens is 2. The number of benzene rings is 1. The second-order valence-corrected chi connectivity index (χ2v) is 6.27. The van der Waals surface area contributed by atoms with Gasteiger partial charge in [-0.15, -0.1) is 0 Å². The van der Waals surface area contributed by atoms with Gasteiger partial charge in [0.05, 0.1) is 21.3 Å². The third kappa shape index (κ3) is 3.45. The van der Waals surface area contributed by atoms with E-state index < -0.39 is 5.97 Å². The maximum atomic E-state index is 12.6. The number of amides is 1. The molecule has 2 N–H and O–H groups in total. The highest BCUT2D eigenvalue weighted by Gasteiger charge is 2.18. The molecule has 3 aromatic rings. The number of carbonyl (C=O) groups excluding carboxylic acids is 1. The van der Waals surface area contributed by atoms with Crippen LogP contribution >= 0.6 is 23.2 Å². The summed E-state index contributed by atoms with van der Waals surface area (Å²) in [6.45, 7) is 1.97. The van der Waals surface area contributed by atoms with Crippen LogP contribution < -0.4 is 5.32 Å². The first-order valence-corrected chi connectivity index (χ1v) is 8.06. The molecular formula is C17H13Cl2N3O3. The Kier molecular flexibility index (Phi) is 4.65. The molecule has 0 atom stereocenters. The molecule has 0 unspecified atom stereocenters. The van der Waals surface area contributed by atoms with E-state index in [4.69, 9.17) is 28.3 Å². The van der Waals surface area contributed by atoms with Gasteiger partial charge in [-0.25, -0.2) is 9.78 Å². The first kappa shape index (κ1) is 17.3. The molecule has 6 nitrogen and oxygen atoms in total. The lowest BCUT2D eigenvalue weighted by atomic mass is 10.1. The minimum Gasteiger partial charge on any atom is -0.478 e. The number of hydrogen-bond donors (Lipinski definition) is 2. The first-order chi connectivity index (χ1) is 11.9. The number of rotatable bonds is 4. The number of nitrogens with zero attached hydrogens (tertiary/aromatic N) is 2. The van der Waals surface area contributed by atoms with Crippen LogP contribution in [0.3, 0.4) is 0 Å². The van der Waals surface area contributed by atoms with Gasteiger partial charge in [0.15, 0.2) is 5.65 Å². The number of imidazole rings is 1. The number of pyridine rings is 1. The van der Waals surface area contributed by atoms with Gasteiger partial charge in [0, 0.05) is 12.7 Å². The van der Waals surface area contributed by atoms with Gasteiger partial charge < -0.3 is 10.4 Å². The summed E-state index contributed by atoms with van der Waals surface area (Å²) in [4.78, 5) is 27.7.